The summed E-state index contributed by atoms with van der Waals surface area (Å²) in [5.41, 5.74) is 0. The fourth-order valence-electron chi connectivity index (χ4n) is 2.57. The molecule has 0 aromatic heterocycles. The van der Waals surface area contributed by atoms with Gasteiger partial charge in [-0.15, -0.1) is 0 Å². The second-order valence-electron chi connectivity index (χ2n) is 5.65. The molecule has 0 unspecified atom stereocenters. The zero-order valence-corrected chi connectivity index (χ0v) is 11.5. The summed E-state index contributed by atoms with van der Waals surface area (Å²) in [7, 11) is 1.46. The highest BCUT2D eigenvalue weighted by Crippen LogP contribution is 2.28. The molecular formula is C14H26N2O2. The van der Waals surface area contributed by atoms with Gasteiger partial charge in [-0.05, 0) is 64.2 Å². The number of carbonyl (C=O) groups excluding carboxylic acids is 1. The molecule has 1 saturated heterocycles. The predicted molar refractivity (Wildman–Crippen MR) is 71.4 cm³/mol. The Bertz CT molecular complexity index is 259. The number of ether oxygens (including phenoxy) is 1. The summed E-state index contributed by atoms with van der Waals surface area (Å²) < 4.78 is 4.65. The molecule has 2 rings (SSSR count). The van der Waals surface area contributed by atoms with Crippen LogP contribution in [0, 0.1) is 5.92 Å². The standard InChI is InChI=1S/C14H26N2O2/c1-18-14(17)3-2-8-16-9-6-13(7-10-16)15-11-12-4-5-12/h12-13,15H,2-11H2,1H3. The van der Waals surface area contributed by atoms with Gasteiger partial charge in [0, 0.05) is 12.5 Å². The lowest BCUT2D eigenvalue weighted by atomic mass is 10.0. The van der Waals surface area contributed by atoms with Crippen LogP contribution in [0.1, 0.15) is 38.5 Å². The number of nitrogens with one attached hydrogen (secondary N) is 1. The smallest absolute Gasteiger partial charge is 0.305 e. The molecule has 0 aromatic carbocycles. The first-order valence-corrected chi connectivity index (χ1v) is 7.30. The van der Waals surface area contributed by atoms with Crippen LogP contribution in [0.3, 0.4) is 0 Å². The van der Waals surface area contributed by atoms with Crippen LogP contribution in [-0.2, 0) is 9.53 Å². The van der Waals surface area contributed by atoms with E-state index < -0.39 is 0 Å². The quantitative estimate of drug-likeness (QED) is 0.697. The van der Waals surface area contributed by atoms with E-state index in [1.54, 1.807) is 0 Å². The molecule has 0 amide bonds. The van der Waals surface area contributed by atoms with Crippen molar-refractivity contribution < 1.29 is 9.53 Å². The molecule has 104 valence electrons. The van der Waals surface area contributed by atoms with Gasteiger partial charge in [-0.25, -0.2) is 0 Å². The molecule has 1 aliphatic carbocycles. The first kappa shape index (κ1) is 13.8. The SMILES string of the molecule is COC(=O)CCCN1CCC(NCC2CC2)CC1. The number of likely N-dealkylation sites (tertiary alicyclic amines) is 1. The minimum atomic E-state index is -0.0870. The molecule has 0 spiro atoms. The maximum Gasteiger partial charge on any atom is 0.305 e. The molecule has 18 heavy (non-hydrogen) atoms. The second-order valence-corrected chi connectivity index (χ2v) is 5.65. The number of piperidine rings is 1. The first-order valence-electron chi connectivity index (χ1n) is 7.30. The molecule has 0 atom stereocenters. The third-order valence-electron chi connectivity index (χ3n) is 4.06. The van der Waals surface area contributed by atoms with Crippen LogP contribution >= 0.6 is 0 Å². The molecule has 2 fully saturated rings. The van der Waals surface area contributed by atoms with Gasteiger partial charge in [0.1, 0.15) is 0 Å². The normalized spacial score (nSPS) is 22.1. The average molecular weight is 254 g/mol. The molecular weight excluding hydrogens is 228 g/mol. The lowest BCUT2D eigenvalue weighted by Crippen LogP contribution is -2.43. The Balaban J connectivity index is 1.51. The minimum absolute atomic E-state index is 0.0870. The van der Waals surface area contributed by atoms with E-state index in [-0.39, 0.29) is 5.97 Å². The summed E-state index contributed by atoms with van der Waals surface area (Å²) in [4.78, 5) is 13.5. The summed E-state index contributed by atoms with van der Waals surface area (Å²) in [6, 6.07) is 0.724. The molecule has 0 radical (unpaired) electrons. The molecule has 1 N–H and O–H groups in total. The summed E-state index contributed by atoms with van der Waals surface area (Å²) in [5.74, 6) is 0.888. The van der Waals surface area contributed by atoms with Gasteiger partial charge in [0.15, 0.2) is 0 Å². The number of methoxy groups -OCH3 is 1. The molecule has 1 aliphatic heterocycles. The average Bonchev–Trinajstić information content (AvgIpc) is 3.21. The van der Waals surface area contributed by atoms with E-state index in [0.717, 1.165) is 24.9 Å². The van der Waals surface area contributed by atoms with E-state index in [9.17, 15) is 4.79 Å². The number of carbonyl (C=O) groups is 1. The van der Waals surface area contributed by atoms with Crippen LogP contribution in [0.5, 0.6) is 0 Å². The maximum atomic E-state index is 11.0. The van der Waals surface area contributed by atoms with Crippen molar-refractivity contribution in [3.05, 3.63) is 0 Å². The fourth-order valence-corrected chi connectivity index (χ4v) is 2.57. The van der Waals surface area contributed by atoms with Crippen molar-refractivity contribution in [1.29, 1.82) is 0 Å². The Kier molecular flexibility index (Phi) is 5.45. The van der Waals surface area contributed by atoms with Crippen LogP contribution in [0.2, 0.25) is 0 Å². The summed E-state index contributed by atoms with van der Waals surface area (Å²) in [5, 5.41) is 3.69. The van der Waals surface area contributed by atoms with Crippen molar-refractivity contribution >= 4 is 5.97 Å². The van der Waals surface area contributed by atoms with E-state index >= 15 is 0 Å². The van der Waals surface area contributed by atoms with Crippen molar-refractivity contribution in [3.63, 3.8) is 0 Å². The zero-order valence-electron chi connectivity index (χ0n) is 11.5. The first-order chi connectivity index (χ1) is 8.78. The van der Waals surface area contributed by atoms with Crippen molar-refractivity contribution in [2.24, 2.45) is 5.92 Å². The summed E-state index contributed by atoms with van der Waals surface area (Å²) in [6.45, 7) is 4.60. The zero-order chi connectivity index (χ0) is 12.8. The highest BCUT2D eigenvalue weighted by Gasteiger charge is 2.24. The maximum absolute atomic E-state index is 11.0. The van der Waals surface area contributed by atoms with E-state index in [0.29, 0.717) is 6.42 Å². The lowest BCUT2D eigenvalue weighted by Gasteiger charge is -2.32. The van der Waals surface area contributed by atoms with Crippen LogP contribution in [0.25, 0.3) is 0 Å². The fraction of sp³-hybridized carbons (Fsp3) is 0.929. The Morgan fingerprint density at radius 1 is 1.28 bits per heavy atom. The molecule has 4 heteroatoms. The number of nitrogens with zero attached hydrogens (tertiary/aromatic N) is 1. The predicted octanol–water partition coefficient (Wildman–Crippen LogP) is 1.40. The minimum Gasteiger partial charge on any atom is -0.469 e. The van der Waals surface area contributed by atoms with Gasteiger partial charge in [-0.3, -0.25) is 4.79 Å². The molecule has 2 aliphatic rings. The van der Waals surface area contributed by atoms with Gasteiger partial charge in [0.05, 0.1) is 7.11 Å². The molecule has 1 heterocycles. The van der Waals surface area contributed by atoms with Crippen molar-refractivity contribution in [2.45, 2.75) is 44.6 Å². The Morgan fingerprint density at radius 3 is 2.61 bits per heavy atom. The number of hydrogen-bond acceptors (Lipinski definition) is 4. The topological polar surface area (TPSA) is 41.6 Å². The largest absolute Gasteiger partial charge is 0.469 e. The monoisotopic (exact) mass is 254 g/mol. The summed E-state index contributed by atoms with van der Waals surface area (Å²) in [6.07, 6.45) is 6.85. The van der Waals surface area contributed by atoms with Crippen LogP contribution in [-0.4, -0.2) is 50.2 Å². The molecule has 1 saturated carbocycles. The van der Waals surface area contributed by atoms with Crippen LogP contribution in [0.4, 0.5) is 0 Å². The Labute approximate surface area is 110 Å². The third kappa shape index (κ3) is 4.94. The Hall–Kier alpha value is -0.610. The third-order valence-corrected chi connectivity index (χ3v) is 4.06. The highest BCUT2D eigenvalue weighted by molar-refractivity contribution is 5.69. The van der Waals surface area contributed by atoms with E-state index in [4.69, 9.17) is 0 Å². The lowest BCUT2D eigenvalue weighted by molar-refractivity contribution is -0.140. The van der Waals surface area contributed by atoms with Crippen molar-refractivity contribution in [1.82, 2.24) is 10.2 Å². The van der Waals surface area contributed by atoms with E-state index in [1.165, 1.54) is 52.4 Å². The van der Waals surface area contributed by atoms with Crippen molar-refractivity contribution in [3.8, 4) is 0 Å². The molecule has 4 nitrogen and oxygen atoms in total. The van der Waals surface area contributed by atoms with Gasteiger partial charge in [0.2, 0.25) is 0 Å². The van der Waals surface area contributed by atoms with Crippen molar-refractivity contribution in [2.75, 3.05) is 33.3 Å². The number of rotatable bonds is 7. The molecule has 0 aromatic rings. The number of hydrogen-bond donors (Lipinski definition) is 1. The van der Waals surface area contributed by atoms with Gasteiger partial charge in [0.25, 0.3) is 0 Å². The van der Waals surface area contributed by atoms with E-state index in [1.807, 2.05) is 0 Å². The van der Waals surface area contributed by atoms with Crippen LogP contribution in [0.15, 0.2) is 0 Å². The number of esters is 1. The van der Waals surface area contributed by atoms with Gasteiger partial charge in [-0.2, -0.15) is 0 Å². The second kappa shape index (κ2) is 7.10. The van der Waals surface area contributed by atoms with Gasteiger partial charge in [-0.1, -0.05) is 0 Å². The van der Waals surface area contributed by atoms with E-state index in [2.05, 4.69) is 15.0 Å². The Morgan fingerprint density at radius 2 is 2.00 bits per heavy atom. The van der Waals surface area contributed by atoms with Crippen LogP contribution < -0.4 is 5.32 Å². The molecule has 0 bridgehead atoms. The highest BCUT2D eigenvalue weighted by atomic mass is 16.5. The summed E-state index contributed by atoms with van der Waals surface area (Å²) >= 11 is 0. The van der Waals surface area contributed by atoms with Gasteiger partial charge < -0.3 is 15.0 Å². The van der Waals surface area contributed by atoms with Gasteiger partial charge >= 0.3 is 5.97 Å².